The van der Waals surface area contributed by atoms with Crippen molar-refractivity contribution in [1.29, 1.82) is 0 Å². The molecule has 0 atom stereocenters. The molecule has 0 heterocycles. The zero-order chi connectivity index (χ0) is 14.5. The van der Waals surface area contributed by atoms with Gasteiger partial charge in [-0.25, -0.2) is 8.78 Å². The molecule has 0 aliphatic heterocycles. The number of rotatable bonds is 5. The molecule has 2 rings (SSSR count). The molecule has 1 N–H and O–H groups in total. The second-order valence-electron chi connectivity index (χ2n) is 4.24. The molecule has 2 aromatic rings. The average Bonchev–Trinajstić information content (AvgIpc) is 2.38. The number of benzene rings is 2. The van der Waals surface area contributed by atoms with Gasteiger partial charge in [-0.1, -0.05) is 22.9 Å². The van der Waals surface area contributed by atoms with Crippen molar-refractivity contribution in [3.05, 3.63) is 58.1 Å². The highest BCUT2D eigenvalue weighted by atomic mass is 79.9. The third kappa shape index (κ3) is 4.02. The second-order valence-corrected chi connectivity index (χ2v) is 5.16. The third-order valence-electron chi connectivity index (χ3n) is 2.65. The lowest BCUT2D eigenvalue weighted by atomic mass is 10.2. The van der Waals surface area contributed by atoms with E-state index in [0.29, 0.717) is 12.3 Å². The van der Waals surface area contributed by atoms with E-state index in [1.165, 1.54) is 0 Å². The van der Waals surface area contributed by atoms with Gasteiger partial charge in [0.15, 0.2) is 0 Å². The van der Waals surface area contributed by atoms with Gasteiger partial charge in [-0.3, -0.25) is 0 Å². The van der Waals surface area contributed by atoms with Crippen LogP contribution in [0.3, 0.4) is 0 Å². The maximum atomic E-state index is 13.2. The molecule has 0 bridgehead atoms. The minimum Gasteiger partial charge on any atom is -0.457 e. The van der Waals surface area contributed by atoms with Crippen LogP contribution in [0.4, 0.5) is 8.78 Å². The monoisotopic (exact) mass is 341 g/mol. The Morgan fingerprint density at radius 3 is 2.45 bits per heavy atom. The van der Waals surface area contributed by atoms with E-state index in [0.717, 1.165) is 34.8 Å². The lowest BCUT2D eigenvalue weighted by molar-refractivity contribution is 0.460. The molecule has 0 saturated heterocycles. The summed E-state index contributed by atoms with van der Waals surface area (Å²) in [5.74, 6) is -0.614. The first-order valence-electron chi connectivity index (χ1n) is 6.21. The molecule has 20 heavy (non-hydrogen) atoms. The molecule has 0 amide bonds. The predicted octanol–water partition coefficient (Wildman–Crippen LogP) is 4.63. The Morgan fingerprint density at radius 2 is 1.80 bits per heavy atom. The van der Waals surface area contributed by atoms with Crippen LogP contribution in [-0.2, 0) is 6.54 Å². The Labute approximate surface area is 124 Å². The Hall–Kier alpha value is -1.46. The minimum absolute atomic E-state index is 0.141. The smallest absolute Gasteiger partial charge is 0.133 e. The van der Waals surface area contributed by atoms with Gasteiger partial charge in [0, 0.05) is 34.8 Å². The van der Waals surface area contributed by atoms with Crippen LogP contribution in [0.25, 0.3) is 0 Å². The Balaban J connectivity index is 2.27. The van der Waals surface area contributed by atoms with Crippen LogP contribution in [0.1, 0.15) is 12.5 Å². The number of ether oxygens (including phenoxy) is 1. The molecule has 2 aromatic carbocycles. The van der Waals surface area contributed by atoms with Crippen molar-refractivity contribution in [2.75, 3.05) is 6.54 Å². The third-order valence-corrected chi connectivity index (χ3v) is 3.15. The van der Waals surface area contributed by atoms with Gasteiger partial charge in [-0.05, 0) is 24.7 Å². The maximum absolute atomic E-state index is 13.2. The lowest BCUT2D eigenvalue weighted by Gasteiger charge is -2.12. The standard InChI is InChI=1S/C15H14BrF2NO/c1-2-19-9-10-5-11(16)3-4-15(10)20-14-7-12(17)6-13(18)8-14/h3-8,19H,2,9H2,1H3. The van der Waals surface area contributed by atoms with Crippen LogP contribution in [0.15, 0.2) is 40.9 Å². The van der Waals surface area contributed by atoms with E-state index in [2.05, 4.69) is 21.2 Å². The fraction of sp³-hybridized carbons (Fsp3) is 0.200. The van der Waals surface area contributed by atoms with E-state index in [4.69, 9.17) is 4.74 Å². The van der Waals surface area contributed by atoms with Crippen molar-refractivity contribution in [1.82, 2.24) is 5.32 Å². The van der Waals surface area contributed by atoms with E-state index in [1.807, 2.05) is 19.1 Å². The van der Waals surface area contributed by atoms with Gasteiger partial charge in [0.05, 0.1) is 0 Å². The molecular weight excluding hydrogens is 328 g/mol. The first kappa shape index (κ1) is 14.9. The molecule has 0 saturated carbocycles. The normalized spacial score (nSPS) is 10.6. The summed E-state index contributed by atoms with van der Waals surface area (Å²) < 4.78 is 32.8. The zero-order valence-corrected chi connectivity index (χ0v) is 12.5. The van der Waals surface area contributed by atoms with E-state index in [-0.39, 0.29) is 5.75 Å². The van der Waals surface area contributed by atoms with E-state index in [9.17, 15) is 8.78 Å². The molecular formula is C15H14BrF2NO. The fourth-order valence-electron chi connectivity index (χ4n) is 1.76. The summed E-state index contributed by atoms with van der Waals surface area (Å²) in [6.07, 6.45) is 0. The second kappa shape index (κ2) is 6.81. The van der Waals surface area contributed by atoms with Crippen molar-refractivity contribution in [2.45, 2.75) is 13.5 Å². The largest absolute Gasteiger partial charge is 0.457 e. The zero-order valence-electron chi connectivity index (χ0n) is 10.9. The van der Waals surface area contributed by atoms with Gasteiger partial charge in [0.1, 0.15) is 23.1 Å². The van der Waals surface area contributed by atoms with E-state index in [1.54, 1.807) is 6.07 Å². The van der Waals surface area contributed by atoms with Gasteiger partial charge < -0.3 is 10.1 Å². The highest BCUT2D eigenvalue weighted by Gasteiger charge is 2.08. The molecule has 0 radical (unpaired) electrons. The topological polar surface area (TPSA) is 21.3 Å². The minimum atomic E-state index is -0.662. The number of halogens is 3. The molecule has 0 unspecified atom stereocenters. The van der Waals surface area contributed by atoms with Crippen molar-refractivity contribution in [3.63, 3.8) is 0 Å². The molecule has 0 aromatic heterocycles. The van der Waals surface area contributed by atoms with Crippen molar-refractivity contribution in [3.8, 4) is 11.5 Å². The molecule has 0 spiro atoms. The van der Waals surface area contributed by atoms with Gasteiger partial charge in [-0.2, -0.15) is 0 Å². The van der Waals surface area contributed by atoms with E-state index >= 15 is 0 Å². The van der Waals surface area contributed by atoms with Crippen LogP contribution in [0.2, 0.25) is 0 Å². The highest BCUT2D eigenvalue weighted by Crippen LogP contribution is 2.29. The lowest BCUT2D eigenvalue weighted by Crippen LogP contribution is -2.12. The quantitative estimate of drug-likeness (QED) is 0.856. The molecule has 106 valence electrons. The predicted molar refractivity (Wildman–Crippen MR) is 78.0 cm³/mol. The van der Waals surface area contributed by atoms with Crippen LogP contribution in [0, 0.1) is 11.6 Å². The molecule has 2 nitrogen and oxygen atoms in total. The summed E-state index contributed by atoms with van der Waals surface area (Å²) in [5, 5.41) is 3.19. The number of hydrogen-bond acceptors (Lipinski definition) is 2. The SMILES string of the molecule is CCNCc1cc(Br)ccc1Oc1cc(F)cc(F)c1. The van der Waals surface area contributed by atoms with Gasteiger partial charge in [0.2, 0.25) is 0 Å². The maximum Gasteiger partial charge on any atom is 0.133 e. The van der Waals surface area contributed by atoms with Crippen molar-refractivity contribution in [2.24, 2.45) is 0 Å². The summed E-state index contributed by atoms with van der Waals surface area (Å²) in [7, 11) is 0. The average molecular weight is 342 g/mol. The van der Waals surface area contributed by atoms with Crippen LogP contribution in [0.5, 0.6) is 11.5 Å². The number of hydrogen-bond donors (Lipinski definition) is 1. The summed E-state index contributed by atoms with van der Waals surface area (Å²) in [6, 6.07) is 8.62. The van der Waals surface area contributed by atoms with Crippen LogP contribution in [-0.4, -0.2) is 6.54 Å². The fourth-order valence-corrected chi connectivity index (χ4v) is 2.17. The summed E-state index contributed by atoms with van der Waals surface area (Å²) in [4.78, 5) is 0. The summed E-state index contributed by atoms with van der Waals surface area (Å²) in [5.41, 5.74) is 0.908. The molecule has 0 aliphatic carbocycles. The van der Waals surface area contributed by atoms with Gasteiger partial charge >= 0.3 is 0 Å². The summed E-state index contributed by atoms with van der Waals surface area (Å²) >= 11 is 3.39. The first-order valence-corrected chi connectivity index (χ1v) is 7.01. The number of nitrogens with one attached hydrogen (secondary N) is 1. The van der Waals surface area contributed by atoms with E-state index < -0.39 is 11.6 Å². The summed E-state index contributed by atoms with van der Waals surface area (Å²) in [6.45, 7) is 3.43. The Morgan fingerprint density at radius 1 is 1.10 bits per heavy atom. The van der Waals surface area contributed by atoms with Crippen LogP contribution < -0.4 is 10.1 Å². The first-order chi connectivity index (χ1) is 9.58. The van der Waals surface area contributed by atoms with Gasteiger partial charge in [-0.15, -0.1) is 0 Å². The molecule has 0 aliphatic rings. The Bertz CT molecular complexity index is 584. The Kier molecular flexibility index (Phi) is 5.09. The highest BCUT2D eigenvalue weighted by molar-refractivity contribution is 9.10. The van der Waals surface area contributed by atoms with Crippen LogP contribution >= 0.6 is 15.9 Å². The van der Waals surface area contributed by atoms with Gasteiger partial charge in [0.25, 0.3) is 0 Å². The molecule has 5 heteroatoms. The van der Waals surface area contributed by atoms with Crippen molar-refractivity contribution < 1.29 is 13.5 Å². The molecule has 0 fully saturated rings. The van der Waals surface area contributed by atoms with Crippen molar-refractivity contribution >= 4 is 15.9 Å².